The first-order valence-electron chi connectivity index (χ1n) is 9.09. The Kier molecular flexibility index (Phi) is 8.17. The molecule has 8 nitrogen and oxygen atoms in total. The van der Waals surface area contributed by atoms with Crippen molar-refractivity contribution in [1.29, 1.82) is 0 Å². The van der Waals surface area contributed by atoms with Gasteiger partial charge in [0.2, 0.25) is 11.8 Å². The fourth-order valence-corrected chi connectivity index (χ4v) is 2.69. The number of nitrogens with one attached hydrogen (secondary N) is 2. The van der Waals surface area contributed by atoms with Crippen LogP contribution in [0.15, 0.2) is 0 Å². The molecule has 150 valence electrons. The molecule has 1 fully saturated rings. The van der Waals surface area contributed by atoms with Crippen LogP contribution >= 0.6 is 0 Å². The minimum Gasteiger partial charge on any atom is -0.393 e. The van der Waals surface area contributed by atoms with Crippen molar-refractivity contribution in [2.24, 2.45) is 11.8 Å². The number of ketones is 1. The van der Waals surface area contributed by atoms with Gasteiger partial charge in [-0.15, -0.1) is 0 Å². The summed E-state index contributed by atoms with van der Waals surface area (Å²) in [5, 5.41) is 24.4. The average molecular weight is 372 g/mol. The van der Waals surface area contributed by atoms with Gasteiger partial charge in [-0.3, -0.25) is 14.4 Å². The largest absolute Gasteiger partial charge is 0.393 e. The molecule has 2 unspecified atom stereocenters. The number of Topliss-reactive ketones (excluding diaryl/α,β-unsaturated/α-hetero) is 1. The van der Waals surface area contributed by atoms with E-state index >= 15 is 0 Å². The lowest BCUT2D eigenvalue weighted by Gasteiger charge is -2.26. The van der Waals surface area contributed by atoms with Gasteiger partial charge in [0.15, 0.2) is 11.4 Å². The molecule has 2 amide bonds. The highest BCUT2D eigenvalue weighted by atomic mass is 16.6. The third-order valence-corrected chi connectivity index (χ3v) is 4.21. The molecule has 4 N–H and O–H groups in total. The van der Waals surface area contributed by atoms with Gasteiger partial charge in [0, 0.05) is 6.42 Å². The number of rotatable bonds is 11. The molecular formula is C18H32N2O6. The molecule has 0 aromatic carbocycles. The zero-order valence-corrected chi connectivity index (χ0v) is 16.2. The van der Waals surface area contributed by atoms with E-state index < -0.39 is 36.3 Å². The number of hydrogen-bond donors (Lipinski definition) is 4. The minimum absolute atomic E-state index is 0.110. The van der Waals surface area contributed by atoms with Gasteiger partial charge in [0.1, 0.15) is 6.04 Å². The summed E-state index contributed by atoms with van der Waals surface area (Å²) >= 11 is 0. The van der Waals surface area contributed by atoms with Crippen molar-refractivity contribution in [3.05, 3.63) is 0 Å². The molecule has 0 radical (unpaired) electrons. The van der Waals surface area contributed by atoms with Gasteiger partial charge in [-0.2, -0.15) is 0 Å². The number of carbonyl (C=O) groups excluding carboxylic acids is 3. The number of carbonyl (C=O) groups is 3. The molecule has 4 atom stereocenters. The van der Waals surface area contributed by atoms with E-state index in [9.17, 15) is 24.6 Å². The highest BCUT2D eigenvalue weighted by Gasteiger charge is 2.54. The summed E-state index contributed by atoms with van der Waals surface area (Å²) in [4.78, 5) is 37.2. The first kappa shape index (κ1) is 22.5. The lowest BCUT2D eigenvalue weighted by atomic mass is 9.92. The van der Waals surface area contributed by atoms with Crippen LogP contribution in [0.1, 0.15) is 47.5 Å². The van der Waals surface area contributed by atoms with E-state index in [0.717, 1.165) is 0 Å². The summed E-state index contributed by atoms with van der Waals surface area (Å²) in [5.74, 6) is -1.14. The Labute approximate surface area is 154 Å². The van der Waals surface area contributed by atoms with Gasteiger partial charge in [-0.1, -0.05) is 27.7 Å². The lowest BCUT2D eigenvalue weighted by Crippen LogP contribution is -2.57. The third kappa shape index (κ3) is 6.34. The van der Waals surface area contributed by atoms with Crippen LogP contribution < -0.4 is 10.6 Å². The van der Waals surface area contributed by atoms with E-state index in [4.69, 9.17) is 4.74 Å². The second-order valence-electron chi connectivity index (χ2n) is 7.88. The Morgan fingerprint density at radius 3 is 2.04 bits per heavy atom. The van der Waals surface area contributed by atoms with Crippen LogP contribution in [-0.2, 0) is 19.1 Å². The number of aliphatic hydroxyl groups excluding tert-OH is 2. The van der Waals surface area contributed by atoms with Gasteiger partial charge in [0.05, 0.1) is 25.4 Å². The molecular weight excluding hydrogens is 340 g/mol. The van der Waals surface area contributed by atoms with E-state index in [1.54, 1.807) is 0 Å². The normalized spacial score (nSPS) is 22.7. The molecule has 1 aliphatic rings. The molecule has 0 aliphatic carbocycles. The van der Waals surface area contributed by atoms with E-state index in [2.05, 4.69) is 10.6 Å². The Hall–Kier alpha value is -1.51. The molecule has 8 heteroatoms. The first-order valence-corrected chi connectivity index (χ1v) is 9.09. The maximum absolute atomic E-state index is 12.6. The zero-order valence-electron chi connectivity index (χ0n) is 16.2. The highest BCUT2D eigenvalue weighted by molar-refractivity contribution is 5.98. The van der Waals surface area contributed by atoms with Crippen LogP contribution in [0, 0.1) is 11.8 Å². The van der Waals surface area contributed by atoms with Gasteiger partial charge in [-0.25, -0.2) is 0 Å². The predicted octanol–water partition coefficient (Wildman–Crippen LogP) is -0.241. The maximum atomic E-state index is 12.6. The Morgan fingerprint density at radius 2 is 1.65 bits per heavy atom. The molecule has 1 heterocycles. The maximum Gasteiger partial charge on any atom is 0.245 e. The molecule has 0 bridgehead atoms. The van der Waals surface area contributed by atoms with Crippen molar-refractivity contribution in [2.75, 3.05) is 13.2 Å². The van der Waals surface area contributed by atoms with Crippen molar-refractivity contribution in [1.82, 2.24) is 10.6 Å². The lowest BCUT2D eigenvalue weighted by molar-refractivity contribution is -0.136. The van der Waals surface area contributed by atoms with E-state index in [0.29, 0.717) is 6.42 Å². The first-order chi connectivity index (χ1) is 12.0. The zero-order chi connectivity index (χ0) is 20.1. The van der Waals surface area contributed by atoms with Crippen LogP contribution in [0.25, 0.3) is 0 Å². The van der Waals surface area contributed by atoms with Crippen LogP contribution in [0.4, 0.5) is 0 Å². The monoisotopic (exact) mass is 372 g/mol. The number of epoxide rings is 1. The molecule has 26 heavy (non-hydrogen) atoms. The quantitative estimate of drug-likeness (QED) is 0.371. The third-order valence-electron chi connectivity index (χ3n) is 4.21. The summed E-state index contributed by atoms with van der Waals surface area (Å²) in [7, 11) is 0. The molecule has 0 aromatic heterocycles. The van der Waals surface area contributed by atoms with Gasteiger partial charge < -0.3 is 25.6 Å². The summed E-state index contributed by atoms with van der Waals surface area (Å²) < 4.78 is 5.10. The highest BCUT2D eigenvalue weighted by Crippen LogP contribution is 2.30. The van der Waals surface area contributed by atoms with Crippen LogP contribution in [-0.4, -0.2) is 64.8 Å². The standard InChI is InChI=1S/C18H32N2O6/c1-10(2)6-13(16(24)18(8-21)9-26-18)19-17(25)15(12(5)22)20-14(23)7-11(3)4/h10-13,15,21-22H,6-9H2,1-5H3,(H,19,25)(H,20,23)/t12-,13?,15+,18?/m1/s1. The second kappa shape index (κ2) is 9.43. The van der Waals surface area contributed by atoms with E-state index in [1.165, 1.54) is 6.92 Å². The summed E-state index contributed by atoms with van der Waals surface area (Å²) in [6, 6.07) is -2.02. The summed E-state index contributed by atoms with van der Waals surface area (Å²) in [6.07, 6.45) is -0.529. The number of amides is 2. The van der Waals surface area contributed by atoms with Crippen molar-refractivity contribution in [3.63, 3.8) is 0 Å². The van der Waals surface area contributed by atoms with Crippen molar-refractivity contribution in [2.45, 2.75) is 71.2 Å². The Morgan fingerprint density at radius 1 is 1.08 bits per heavy atom. The van der Waals surface area contributed by atoms with E-state index in [-0.39, 0.29) is 36.6 Å². The van der Waals surface area contributed by atoms with Crippen LogP contribution in [0.3, 0.4) is 0 Å². The van der Waals surface area contributed by atoms with Crippen molar-refractivity contribution < 1.29 is 29.3 Å². The topological polar surface area (TPSA) is 128 Å². The van der Waals surface area contributed by atoms with Gasteiger partial charge >= 0.3 is 0 Å². The number of ether oxygens (including phenoxy) is 1. The average Bonchev–Trinajstić information content (AvgIpc) is 3.30. The molecule has 0 spiro atoms. The summed E-state index contributed by atoms with van der Waals surface area (Å²) in [6.45, 7) is 8.64. The van der Waals surface area contributed by atoms with Crippen molar-refractivity contribution >= 4 is 17.6 Å². The van der Waals surface area contributed by atoms with Gasteiger partial charge in [0.25, 0.3) is 0 Å². The van der Waals surface area contributed by atoms with E-state index in [1.807, 2.05) is 27.7 Å². The fraction of sp³-hybridized carbons (Fsp3) is 0.833. The number of aliphatic hydroxyl groups is 2. The fourth-order valence-electron chi connectivity index (χ4n) is 2.69. The Bertz CT molecular complexity index is 514. The molecule has 0 saturated carbocycles. The van der Waals surface area contributed by atoms with Crippen LogP contribution in [0.2, 0.25) is 0 Å². The molecule has 0 aromatic rings. The van der Waals surface area contributed by atoms with Crippen LogP contribution in [0.5, 0.6) is 0 Å². The predicted molar refractivity (Wildman–Crippen MR) is 95.2 cm³/mol. The Balaban J connectivity index is 2.84. The van der Waals surface area contributed by atoms with Crippen molar-refractivity contribution in [3.8, 4) is 0 Å². The minimum atomic E-state index is -1.24. The van der Waals surface area contributed by atoms with Gasteiger partial charge in [-0.05, 0) is 25.2 Å². The summed E-state index contributed by atoms with van der Waals surface area (Å²) in [5.41, 5.74) is -1.24. The SMILES string of the molecule is CC(C)CC(=O)N[C@H](C(=O)NC(CC(C)C)C(=O)C1(CO)CO1)[C@@H](C)O. The molecule has 1 saturated heterocycles. The molecule has 1 aliphatic heterocycles. The number of hydrogen-bond acceptors (Lipinski definition) is 6. The smallest absolute Gasteiger partial charge is 0.245 e. The second-order valence-corrected chi connectivity index (χ2v) is 7.88. The molecule has 1 rings (SSSR count).